The van der Waals surface area contributed by atoms with Crippen LogP contribution in [-0.2, 0) is 20.0 Å². The van der Waals surface area contributed by atoms with Crippen molar-refractivity contribution in [2.24, 2.45) is 5.14 Å². The molecule has 0 radical (unpaired) electrons. The first-order valence-electron chi connectivity index (χ1n) is 5.80. The van der Waals surface area contributed by atoms with Gasteiger partial charge in [-0.15, -0.1) is 0 Å². The Labute approximate surface area is 122 Å². The molecule has 1 aromatic carbocycles. The average Bonchev–Trinajstić information content (AvgIpc) is 2.25. The molecule has 0 bridgehead atoms. The molecule has 4 N–H and O–H groups in total. The number of fused-ring (bicyclic) bond motifs is 1. The molecule has 0 amide bonds. The Kier molecular flexibility index (Phi) is 4.00. The smallest absolute Gasteiger partial charge is 0.244 e. The minimum atomic E-state index is -4.09. The summed E-state index contributed by atoms with van der Waals surface area (Å²) in [6.07, 6.45) is 0.917. The lowest BCUT2D eigenvalue weighted by molar-refractivity contribution is 0.539. The molecule has 10 heteroatoms. The lowest BCUT2D eigenvalue weighted by Crippen LogP contribution is -2.44. The van der Waals surface area contributed by atoms with E-state index in [1.807, 2.05) is 6.92 Å². The Bertz CT molecular complexity index is 746. The Morgan fingerprint density at radius 3 is 2.60 bits per heavy atom. The van der Waals surface area contributed by atoms with Gasteiger partial charge in [0, 0.05) is 0 Å². The van der Waals surface area contributed by atoms with E-state index >= 15 is 0 Å². The number of hydrogen-bond acceptors (Lipinski definition) is 5. The minimum absolute atomic E-state index is 0.119. The van der Waals surface area contributed by atoms with Crippen LogP contribution in [0.25, 0.3) is 0 Å². The zero-order valence-corrected chi connectivity index (χ0v) is 12.9. The third-order valence-corrected chi connectivity index (χ3v) is 5.72. The Morgan fingerprint density at radius 1 is 1.40 bits per heavy atom. The third-order valence-electron chi connectivity index (χ3n) is 2.83. The largest absolute Gasteiger partial charge is 0.368 e. The van der Waals surface area contributed by atoms with Crippen molar-refractivity contribution in [1.82, 2.24) is 4.72 Å². The van der Waals surface area contributed by atoms with E-state index in [4.69, 9.17) is 16.7 Å². The molecular formula is C10H14ClN3O4S2. The molecule has 1 atom stereocenters. The highest BCUT2D eigenvalue weighted by Crippen LogP contribution is 2.33. The van der Waals surface area contributed by atoms with Gasteiger partial charge in [-0.1, -0.05) is 24.9 Å². The van der Waals surface area contributed by atoms with E-state index in [1.165, 1.54) is 6.07 Å². The van der Waals surface area contributed by atoms with Crippen molar-refractivity contribution in [1.29, 1.82) is 0 Å². The fourth-order valence-corrected chi connectivity index (χ4v) is 4.51. The SMILES string of the molecule is CCCC1Nc2cc(Cl)c(S(N)(=O)=O)cc2S(=O)(=O)N1. The second kappa shape index (κ2) is 5.15. The summed E-state index contributed by atoms with van der Waals surface area (Å²) in [7, 11) is -7.90. The fraction of sp³-hybridized carbons (Fsp3) is 0.400. The fourth-order valence-electron chi connectivity index (χ4n) is 1.98. The zero-order chi connectivity index (χ0) is 15.1. The zero-order valence-electron chi connectivity index (χ0n) is 10.6. The van der Waals surface area contributed by atoms with Crippen molar-refractivity contribution < 1.29 is 16.8 Å². The molecule has 1 aliphatic heterocycles. The van der Waals surface area contributed by atoms with Gasteiger partial charge in [0.05, 0.1) is 16.9 Å². The van der Waals surface area contributed by atoms with Crippen molar-refractivity contribution in [3.63, 3.8) is 0 Å². The number of hydrogen-bond donors (Lipinski definition) is 3. The van der Waals surface area contributed by atoms with Crippen LogP contribution in [0.2, 0.25) is 5.02 Å². The summed E-state index contributed by atoms with van der Waals surface area (Å²) >= 11 is 5.85. The second-order valence-corrected chi connectivity index (χ2v) is 8.05. The summed E-state index contributed by atoms with van der Waals surface area (Å²) in [6, 6.07) is 2.22. The van der Waals surface area contributed by atoms with Crippen molar-refractivity contribution in [3.8, 4) is 0 Å². The van der Waals surface area contributed by atoms with E-state index in [9.17, 15) is 16.8 Å². The number of sulfonamides is 2. The highest BCUT2D eigenvalue weighted by atomic mass is 35.5. The van der Waals surface area contributed by atoms with Crippen LogP contribution in [0.4, 0.5) is 5.69 Å². The molecule has 0 saturated heterocycles. The number of nitrogens with one attached hydrogen (secondary N) is 2. The van der Waals surface area contributed by atoms with Gasteiger partial charge in [0.15, 0.2) is 0 Å². The maximum absolute atomic E-state index is 12.1. The van der Waals surface area contributed by atoms with Crippen molar-refractivity contribution >= 4 is 37.3 Å². The van der Waals surface area contributed by atoms with E-state index in [0.29, 0.717) is 6.42 Å². The maximum Gasteiger partial charge on any atom is 0.244 e. The van der Waals surface area contributed by atoms with Crippen LogP contribution < -0.4 is 15.2 Å². The summed E-state index contributed by atoms with van der Waals surface area (Å²) in [4.78, 5) is -0.600. The third kappa shape index (κ3) is 2.91. The first-order valence-corrected chi connectivity index (χ1v) is 9.21. The highest BCUT2D eigenvalue weighted by Gasteiger charge is 2.31. The minimum Gasteiger partial charge on any atom is -0.368 e. The van der Waals surface area contributed by atoms with Crippen molar-refractivity contribution in [2.45, 2.75) is 35.7 Å². The molecular weight excluding hydrogens is 326 g/mol. The lowest BCUT2D eigenvalue weighted by Gasteiger charge is -2.28. The van der Waals surface area contributed by atoms with Crippen LogP contribution in [0.1, 0.15) is 19.8 Å². The quantitative estimate of drug-likeness (QED) is 0.753. The average molecular weight is 340 g/mol. The molecule has 0 spiro atoms. The molecule has 112 valence electrons. The molecule has 0 saturated carbocycles. The van der Waals surface area contributed by atoms with Crippen LogP contribution >= 0.6 is 11.6 Å². The first-order chi connectivity index (χ1) is 9.15. The highest BCUT2D eigenvalue weighted by molar-refractivity contribution is 7.90. The van der Waals surface area contributed by atoms with Gasteiger partial charge in [-0.05, 0) is 18.6 Å². The van der Waals surface area contributed by atoms with Crippen LogP contribution in [0.5, 0.6) is 0 Å². The summed E-state index contributed by atoms with van der Waals surface area (Å²) in [6.45, 7) is 1.92. The van der Waals surface area contributed by atoms with Gasteiger partial charge in [0.25, 0.3) is 0 Å². The molecule has 0 aromatic heterocycles. The van der Waals surface area contributed by atoms with E-state index in [1.54, 1.807) is 0 Å². The number of rotatable bonds is 3. The van der Waals surface area contributed by atoms with Gasteiger partial charge in [-0.25, -0.2) is 22.0 Å². The van der Waals surface area contributed by atoms with Crippen molar-refractivity contribution in [2.75, 3.05) is 5.32 Å². The van der Waals surface area contributed by atoms with Gasteiger partial charge in [-0.2, -0.15) is 4.72 Å². The Morgan fingerprint density at radius 2 is 2.05 bits per heavy atom. The standard InChI is InChI=1S/C10H14ClN3O4S2/c1-2-3-10-13-7-4-6(11)8(19(12,15)16)5-9(7)20(17,18)14-10/h4-5,10,13-14H,2-3H2,1H3,(H2,12,15,16). The van der Waals surface area contributed by atoms with E-state index in [2.05, 4.69) is 10.0 Å². The van der Waals surface area contributed by atoms with Crippen LogP contribution in [0, 0.1) is 0 Å². The number of benzene rings is 1. The predicted molar refractivity (Wildman–Crippen MR) is 75.5 cm³/mol. The van der Waals surface area contributed by atoms with Gasteiger partial charge in [0.2, 0.25) is 20.0 Å². The normalized spacial score (nSPS) is 21.1. The summed E-state index contributed by atoms with van der Waals surface area (Å²) in [5.74, 6) is 0. The molecule has 0 aliphatic carbocycles. The first kappa shape index (κ1) is 15.5. The Balaban J connectivity index is 2.61. The van der Waals surface area contributed by atoms with Gasteiger partial charge < -0.3 is 5.32 Å². The summed E-state index contributed by atoms with van der Waals surface area (Å²) in [5, 5.41) is 7.85. The summed E-state index contributed by atoms with van der Waals surface area (Å²) in [5.41, 5.74) is 0.264. The van der Waals surface area contributed by atoms with Crippen LogP contribution in [-0.4, -0.2) is 23.0 Å². The van der Waals surface area contributed by atoms with Crippen molar-refractivity contribution in [3.05, 3.63) is 17.2 Å². The molecule has 2 rings (SSSR count). The molecule has 1 unspecified atom stereocenters. The van der Waals surface area contributed by atoms with E-state index in [0.717, 1.165) is 12.5 Å². The van der Waals surface area contributed by atoms with E-state index < -0.39 is 31.1 Å². The lowest BCUT2D eigenvalue weighted by atomic mass is 10.2. The van der Waals surface area contributed by atoms with Gasteiger partial charge >= 0.3 is 0 Å². The van der Waals surface area contributed by atoms with E-state index in [-0.39, 0.29) is 15.6 Å². The number of primary sulfonamides is 1. The van der Waals surface area contributed by atoms with Gasteiger partial charge in [-0.3, -0.25) is 0 Å². The van der Waals surface area contributed by atoms with Crippen LogP contribution in [0.15, 0.2) is 21.9 Å². The molecule has 1 heterocycles. The molecule has 0 fully saturated rings. The number of nitrogens with two attached hydrogens (primary N) is 1. The molecule has 7 nitrogen and oxygen atoms in total. The molecule has 1 aromatic rings. The monoisotopic (exact) mass is 339 g/mol. The Hall–Kier alpha value is -0.870. The molecule has 1 aliphatic rings. The maximum atomic E-state index is 12.1. The number of anilines is 1. The summed E-state index contributed by atoms with van der Waals surface area (Å²) < 4.78 is 49.4. The van der Waals surface area contributed by atoms with Crippen LogP contribution in [0.3, 0.4) is 0 Å². The molecule has 20 heavy (non-hydrogen) atoms. The van der Waals surface area contributed by atoms with Gasteiger partial charge in [0.1, 0.15) is 9.79 Å². The second-order valence-electron chi connectivity index (χ2n) is 4.43. The predicted octanol–water partition coefficient (Wildman–Crippen LogP) is 0.817. The topological polar surface area (TPSA) is 118 Å². The number of halogens is 1.